The molecule has 1 fully saturated rings. The van der Waals surface area contributed by atoms with Crippen molar-refractivity contribution in [3.05, 3.63) is 28.5 Å². The summed E-state index contributed by atoms with van der Waals surface area (Å²) in [7, 11) is 0. The van der Waals surface area contributed by atoms with Gasteiger partial charge in [-0.05, 0) is 52.7 Å². The first kappa shape index (κ1) is 14.0. The number of aromatic nitrogens is 1. The molecular weight excluding hydrogens is 288 g/mol. The number of nitrogens with zero attached hydrogens (tertiary/aromatic N) is 1. The van der Waals surface area contributed by atoms with Gasteiger partial charge in [0.25, 0.3) is 0 Å². The Balaban J connectivity index is 2.03. The van der Waals surface area contributed by atoms with E-state index in [4.69, 9.17) is 0 Å². The first-order chi connectivity index (χ1) is 8.60. The van der Waals surface area contributed by atoms with Crippen LogP contribution in [0.3, 0.4) is 0 Å². The molecular formula is C15H23BrN2. The Bertz CT molecular complexity index is 367. The maximum atomic E-state index is 4.54. The lowest BCUT2D eigenvalue weighted by molar-refractivity contribution is 0.266. The van der Waals surface area contributed by atoms with Crippen LogP contribution in [0.1, 0.15) is 45.2 Å². The number of halogens is 1. The van der Waals surface area contributed by atoms with Gasteiger partial charge in [-0.25, -0.2) is 0 Å². The predicted molar refractivity (Wildman–Crippen MR) is 79.7 cm³/mol. The highest BCUT2D eigenvalue weighted by molar-refractivity contribution is 9.10. The van der Waals surface area contributed by atoms with E-state index >= 15 is 0 Å². The fraction of sp³-hybridized carbons (Fsp3) is 0.667. The van der Waals surface area contributed by atoms with Crippen molar-refractivity contribution in [1.82, 2.24) is 10.3 Å². The second-order valence-electron chi connectivity index (χ2n) is 5.89. The van der Waals surface area contributed by atoms with Gasteiger partial charge < -0.3 is 5.32 Å². The van der Waals surface area contributed by atoms with Crippen molar-refractivity contribution < 1.29 is 0 Å². The van der Waals surface area contributed by atoms with Crippen molar-refractivity contribution in [1.29, 1.82) is 0 Å². The van der Waals surface area contributed by atoms with E-state index in [1.54, 1.807) is 0 Å². The standard InChI is InChI=1S/C15H23BrN2/c1-12(2)18-11-15(7-3-4-8-15)9-14-6-5-13(16)10-17-14/h5-6,10,12,18H,3-4,7-9,11H2,1-2H3. The molecule has 1 aliphatic carbocycles. The molecule has 0 saturated heterocycles. The molecule has 3 heteroatoms. The van der Waals surface area contributed by atoms with Gasteiger partial charge >= 0.3 is 0 Å². The van der Waals surface area contributed by atoms with Gasteiger partial charge in [0.2, 0.25) is 0 Å². The number of hydrogen-bond acceptors (Lipinski definition) is 2. The molecule has 0 amide bonds. The molecule has 100 valence electrons. The average Bonchev–Trinajstić information content (AvgIpc) is 2.79. The molecule has 0 bridgehead atoms. The van der Waals surface area contributed by atoms with Gasteiger partial charge in [0.1, 0.15) is 0 Å². The minimum Gasteiger partial charge on any atom is -0.314 e. The van der Waals surface area contributed by atoms with Crippen molar-refractivity contribution in [3.63, 3.8) is 0 Å². The minimum absolute atomic E-state index is 0.436. The summed E-state index contributed by atoms with van der Waals surface area (Å²) in [5.41, 5.74) is 1.66. The highest BCUT2D eigenvalue weighted by Crippen LogP contribution is 2.40. The van der Waals surface area contributed by atoms with Gasteiger partial charge in [0, 0.05) is 29.0 Å². The molecule has 0 radical (unpaired) electrons. The Morgan fingerprint density at radius 1 is 1.33 bits per heavy atom. The zero-order valence-electron chi connectivity index (χ0n) is 11.4. The van der Waals surface area contributed by atoms with Crippen molar-refractivity contribution in [2.24, 2.45) is 5.41 Å². The summed E-state index contributed by atoms with van der Waals surface area (Å²) in [6.45, 7) is 5.57. The smallest absolute Gasteiger partial charge is 0.0413 e. The largest absolute Gasteiger partial charge is 0.314 e. The third-order valence-electron chi connectivity index (χ3n) is 3.89. The van der Waals surface area contributed by atoms with Crippen LogP contribution in [-0.4, -0.2) is 17.6 Å². The number of pyridine rings is 1. The van der Waals surface area contributed by atoms with Gasteiger partial charge in [0.15, 0.2) is 0 Å². The first-order valence-electron chi connectivity index (χ1n) is 6.93. The lowest BCUT2D eigenvalue weighted by Crippen LogP contribution is -2.37. The second kappa shape index (κ2) is 6.16. The van der Waals surface area contributed by atoms with Gasteiger partial charge in [0.05, 0.1) is 0 Å². The molecule has 2 nitrogen and oxygen atoms in total. The Morgan fingerprint density at radius 2 is 2.06 bits per heavy atom. The zero-order valence-corrected chi connectivity index (χ0v) is 13.0. The Morgan fingerprint density at radius 3 is 2.61 bits per heavy atom. The van der Waals surface area contributed by atoms with E-state index in [2.05, 4.69) is 52.2 Å². The SMILES string of the molecule is CC(C)NCC1(Cc2ccc(Br)cn2)CCCC1. The van der Waals surface area contributed by atoms with Crippen molar-refractivity contribution in [2.45, 2.75) is 52.0 Å². The maximum Gasteiger partial charge on any atom is 0.0413 e. The van der Waals surface area contributed by atoms with Gasteiger partial charge in [-0.15, -0.1) is 0 Å². The minimum atomic E-state index is 0.436. The molecule has 0 spiro atoms. The lowest BCUT2D eigenvalue weighted by atomic mass is 9.81. The Kier molecular flexibility index (Phi) is 4.79. The van der Waals surface area contributed by atoms with E-state index in [1.807, 2.05) is 6.20 Å². The fourth-order valence-electron chi connectivity index (χ4n) is 2.86. The Labute approximate surface area is 119 Å². The van der Waals surface area contributed by atoms with E-state index in [-0.39, 0.29) is 0 Å². The Hall–Kier alpha value is -0.410. The summed E-state index contributed by atoms with van der Waals surface area (Å²) in [6, 6.07) is 4.82. The van der Waals surface area contributed by atoms with Crippen LogP contribution < -0.4 is 5.32 Å². The van der Waals surface area contributed by atoms with Crippen LogP contribution >= 0.6 is 15.9 Å². The van der Waals surface area contributed by atoms with Crippen LogP contribution in [0.15, 0.2) is 22.8 Å². The quantitative estimate of drug-likeness (QED) is 0.891. The fourth-order valence-corrected chi connectivity index (χ4v) is 3.09. The molecule has 1 aromatic heterocycles. The van der Waals surface area contributed by atoms with Crippen molar-refractivity contribution >= 4 is 15.9 Å². The van der Waals surface area contributed by atoms with E-state index in [0.717, 1.165) is 17.4 Å². The number of nitrogens with one attached hydrogen (secondary N) is 1. The van der Waals surface area contributed by atoms with Crippen LogP contribution in [0.4, 0.5) is 0 Å². The van der Waals surface area contributed by atoms with Crippen LogP contribution in [0.2, 0.25) is 0 Å². The van der Waals surface area contributed by atoms with Gasteiger partial charge in [-0.3, -0.25) is 4.98 Å². The summed E-state index contributed by atoms with van der Waals surface area (Å²) < 4.78 is 1.06. The molecule has 18 heavy (non-hydrogen) atoms. The zero-order chi connectivity index (χ0) is 13.0. The highest BCUT2D eigenvalue weighted by Gasteiger charge is 2.34. The summed E-state index contributed by atoms with van der Waals surface area (Å²) in [6.07, 6.45) is 8.44. The third-order valence-corrected chi connectivity index (χ3v) is 4.36. The molecule has 1 N–H and O–H groups in total. The van der Waals surface area contributed by atoms with Crippen LogP contribution in [0.5, 0.6) is 0 Å². The van der Waals surface area contributed by atoms with Gasteiger partial charge in [-0.2, -0.15) is 0 Å². The summed E-state index contributed by atoms with van der Waals surface area (Å²) in [5.74, 6) is 0. The average molecular weight is 311 g/mol. The molecule has 0 atom stereocenters. The number of rotatable bonds is 5. The summed E-state index contributed by atoms with van der Waals surface area (Å²) in [4.78, 5) is 4.54. The van der Waals surface area contributed by atoms with E-state index in [0.29, 0.717) is 11.5 Å². The molecule has 1 saturated carbocycles. The first-order valence-corrected chi connectivity index (χ1v) is 7.73. The monoisotopic (exact) mass is 310 g/mol. The third kappa shape index (κ3) is 3.79. The van der Waals surface area contributed by atoms with Crippen molar-refractivity contribution in [3.8, 4) is 0 Å². The molecule has 0 aliphatic heterocycles. The van der Waals surface area contributed by atoms with Crippen LogP contribution in [-0.2, 0) is 6.42 Å². The van der Waals surface area contributed by atoms with Crippen LogP contribution in [0.25, 0.3) is 0 Å². The summed E-state index contributed by atoms with van der Waals surface area (Å²) >= 11 is 3.45. The lowest BCUT2D eigenvalue weighted by Gasteiger charge is -2.30. The summed E-state index contributed by atoms with van der Waals surface area (Å²) in [5, 5.41) is 3.62. The molecule has 1 heterocycles. The highest BCUT2D eigenvalue weighted by atomic mass is 79.9. The normalized spacial score (nSPS) is 18.4. The number of hydrogen-bond donors (Lipinski definition) is 1. The van der Waals surface area contributed by atoms with Crippen molar-refractivity contribution in [2.75, 3.05) is 6.54 Å². The maximum absolute atomic E-state index is 4.54. The predicted octanol–water partition coefficient (Wildman–Crippen LogP) is 3.95. The molecule has 0 aromatic carbocycles. The second-order valence-corrected chi connectivity index (χ2v) is 6.80. The molecule has 0 unspecified atom stereocenters. The van der Waals surface area contributed by atoms with Gasteiger partial charge in [-0.1, -0.05) is 26.7 Å². The molecule has 2 rings (SSSR count). The van der Waals surface area contributed by atoms with Crippen LogP contribution in [0, 0.1) is 5.41 Å². The topological polar surface area (TPSA) is 24.9 Å². The van der Waals surface area contributed by atoms with E-state index in [1.165, 1.54) is 31.4 Å². The molecule has 1 aromatic rings. The molecule has 1 aliphatic rings. The van der Waals surface area contributed by atoms with E-state index in [9.17, 15) is 0 Å². The van der Waals surface area contributed by atoms with E-state index < -0.39 is 0 Å².